The van der Waals surface area contributed by atoms with Crippen molar-refractivity contribution in [3.63, 3.8) is 0 Å². The highest BCUT2D eigenvalue weighted by molar-refractivity contribution is 7.09. The normalized spacial score (nSPS) is 11.1. The molecule has 1 aromatic heterocycles. The van der Waals surface area contributed by atoms with Crippen LogP contribution in [0.25, 0.3) is 11.3 Å². The van der Waals surface area contributed by atoms with Gasteiger partial charge in [-0.3, -0.25) is 9.59 Å². The maximum absolute atomic E-state index is 11.9. The topological polar surface area (TPSA) is 71.1 Å². The molecule has 1 heterocycles. The first-order chi connectivity index (χ1) is 10.8. The highest BCUT2D eigenvalue weighted by Gasteiger charge is 2.20. The molecule has 0 saturated heterocycles. The Kier molecular flexibility index (Phi) is 5.15. The van der Waals surface area contributed by atoms with Crippen LogP contribution in [0.2, 0.25) is 0 Å². The molecule has 122 valence electrons. The van der Waals surface area contributed by atoms with E-state index in [0.29, 0.717) is 6.54 Å². The lowest BCUT2D eigenvalue weighted by Gasteiger charge is -2.16. The van der Waals surface area contributed by atoms with Gasteiger partial charge in [-0.1, -0.05) is 32.9 Å². The summed E-state index contributed by atoms with van der Waals surface area (Å²) in [4.78, 5) is 27.4. The van der Waals surface area contributed by atoms with Gasteiger partial charge < -0.3 is 10.6 Å². The molecule has 0 unspecified atom stereocenters. The highest BCUT2D eigenvalue weighted by Crippen LogP contribution is 2.23. The fourth-order valence-corrected chi connectivity index (χ4v) is 2.62. The molecule has 6 heteroatoms. The first-order valence-corrected chi connectivity index (χ1v) is 8.24. The van der Waals surface area contributed by atoms with Gasteiger partial charge in [-0.2, -0.15) is 0 Å². The lowest BCUT2D eigenvalue weighted by atomic mass is 9.96. The van der Waals surface area contributed by atoms with Gasteiger partial charge >= 0.3 is 0 Å². The Hall–Kier alpha value is -2.21. The van der Waals surface area contributed by atoms with Crippen LogP contribution < -0.4 is 10.6 Å². The average Bonchev–Trinajstić information content (AvgIpc) is 2.92. The zero-order valence-electron chi connectivity index (χ0n) is 13.8. The van der Waals surface area contributed by atoms with Crippen LogP contribution in [0.15, 0.2) is 29.6 Å². The van der Waals surface area contributed by atoms with Gasteiger partial charge in [-0.25, -0.2) is 4.98 Å². The summed E-state index contributed by atoms with van der Waals surface area (Å²) in [5, 5.41) is 8.46. The number of thiazole rings is 1. The second kappa shape index (κ2) is 6.91. The minimum absolute atomic E-state index is 0.00825. The number of hydrogen-bond donors (Lipinski definition) is 2. The first kappa shape index (κ1) is 17.1. The fraction of sp³-hybridized carbons (Fsp3) is 0.353. The number of anilines is 1. The van der Waals surface area contributed by atoms with Gasteiger partial charge in [-0.15, -0.1) is 11.3 Å². The third kappa shape index (κ3) is 4.89. The van der Waals surface area contributed by atoms with Crippen LogP contribution in [0.3, 0.4) is 0 Å². The summed E-state index contributed by atoms with van der Waals surface area (Å²) in [7, 11) is 0. The molecule has 2 rings (SSSR count). The zero-order chi connectivity index (χ0) is 17.0. The van der Waals surface area contributed by atoms with Crippen LogP contribution in [-0.2, 0) is 16.1 Å². The van der Waals surface area contributed by atoms with Gasteiger partial charge in [0.2, 0.25) is 11.8 Å². The van der Waals surface area contributed by atoms with Crippen molar-refractivity contribution in [2.45, 2.75) is 34.2 Å². The SMILES string of the molecule is CC(=O)Nc1ccc(-c2csc(CNC(=O)C(C)(C)C)n2)cc1. The van der Waals surface area contributed by atoms with Gasteiger partial charge in [0.05, 0.1) is 12.2 Å². The summed E-state index contributed by atoms with van der Waals surface area (Å²) < 4.78 is 0. The van der Waals surface area contributed by atoms with Crippen LogP contribution in [-0.4, -0.2) is 16.8 Å². The van der Waals surface area contributed by atoms with Gasteiger partial charge in [-0.05, 0) is 12.1 Å². The number of aromatic nitrogens is 1. The molecule has 0 bridgehead atoms. The van der Waals surface area contributed by atoms with Gasteiger partial charge in [0.1, 0.15) is 5.01 Å². The molecule has 0 radical (unpaired) electrons. The maximum Gasteiger partial charge on any atom is 0.225 e. The van der Waals surface area contributed by atoms with E-state index >= 15 is 0 Å². The Morgan fingerprint density at radius 2 is 1.83 bits per heavy atom. The zero-order valence-corrected chi connectivity index (χ0v) is 14.6. The number of rotatable bonds is 4. The maximum atomic E-state index is 11.9. The molecule has 0 fully saturated rings. The van der Waals surface area contributed by atoms with E-state index in [0.717, 1.165) is 22.0 Å². The molecule has 5 nitrogen and oxygen atoms in total. The second-order valence-corrected chi connectivity index (χ2v) is 7.26. The largest absolute Gasteiger partial charge is 0.349 e. The van der Waals surface area contributed by atoms with Gasteiger partial charge in [0.15, 0.2) is 0 Å². The number of nitrogens with one attached hydrogen (secondary N) is 2. The van der Waals surface area contributed by atoms with Crippen molar-refractivity contribution in [1.82, 2.24) is 10.3 Å². The first-order valence-electron chi connectivity index (χ1n) is 7.36. The summed E-state index contributed by atoms with van der Waals surface area (Å²) in [6.07, 6.45) is 0. The summed E-state index contributed by atoms with van der Waals surface area (Å²) in [5.74, 6) is -0.0859. The minimum Gasteiger partial charge on any atom is -0.349 e. The van der Waals surface area contributed by atoms with Crippen molar-refractivity contribution in [3.8, 4) is 11.3 Å². The van der Waals surface area contributed by atoms with Crippen molar-refractivity contribution >= 4 is 28.8 Å². The van der Waals surface area contributed by atoms with Crippen molar-refractivity contribution in [1.29, 1.82) is 0 Å². The number of hydrogen-bond acceptors (Lipinski definition) is 4. The molecular weight excluding hydrogens is 310 g/mol. The van der Waals surface area contributed by atoms with Crippen LogP contribution >= 0.6 is 11.3 Å². The quantitative estimate of drug-likeness (QED) is 0.901. The third-order valence-electron chi connectivity index (χ3n) is 3.13. The van der Waals surface area contributed by atoms with Gasteiger partial charge in [0.25, 0.3) is 0 Å². The van der Waals surface area contributed by atoms with Crippen LogP contribution in [0.4, 0.5) is 5.69 Å². The molecule has 1 aromatic carbocycles. The molecule has 0 saturated carbocycles. The molecular formula is C17H21N3O2S. The standard InChI is InChI=1S/C17H21N3O2S/c1-11(21)19-13-7-5-12(6-8-13)14-10-23-15(20-14)9-18-16(22)17(2,3)4/h5-8,10H,9H2,1-4H3,(H,18,22)(H,19,21). The van der Waals surface area contributed by atoms with Crippen molar-refractivity contribution in [2.75, 3.05) is 5.32 Å². The predicted molar refractivity (Wildman–Crippen MR) is 93.2 cm³/mol. The minimum atomic E-state index is -0.403. The molecule has 0 aliphatic carbocycles. The van der Waals surface area contributed by atoms with Crippen LogP contribution in [0.1, 0.15) is 32.7 Å². The Morgan fingerprint density at radius 1 is 1.17 bits per heavy atom. The van der Waals surface area contributed by atoms with E-state index in [9.17, 15) is 9.59 Å². The van der Waals surface area contributed by atoms with E-state index < -0.39 is 5.41 Å². The van der Waals surface area contributed by atoms with E-state index in [1.54, 1.807) is 0 Å². The fourth-order valence-electron chi connectivity index (χ4n) is 1.87. The van der Waals surface area contributed by atoms with Crippen LogP contribution in [0, 0.1) is 5.41 Å². The highest BCUT2D eigenvalue weighted by atomic mass is 32.1. The smallest absolute Gasteiger partial charge is 0.225 e. The molecule has 0 spiro atoms. The molecule has 2 amide bonds. The number of benzene rings is 1. The Bertz CT molecular complexity index is 699. The van der Waals surface area contributed by atoms with E-state index in [1.807, 2.05) is 50.4 Å². The lowest BCUT2D eigenvalue weighted by Crippen LogP contribution is -2.34. The summed E-state index contributed by atoms with van der Waals surface area (Å²) >= 11 is 1.52. The predicted octanol–water partition coefficient (Wildman–Crippen LogP) is 3.43. The molecule has 0 atom stereocenters. The summed E-state index contributed by atoms with van der Waals surface area (Å²) in [6.45, 7) is 7.56. The Balaban J connectivity index is 2.01. The monoisotopic (exact) mass is 331 g/mol. The lowest BCUT2D eigenvalue weighted by molar-refractivity contribution is -0.128. The number of carbonyl (C=O) groups excluding carboxylic acids is 2. The van der Waals surface area contributed by atoms with Crippen molar-refractivity contribution < 1.29 is 9.59 Å². The number of carbonyl (C=O) groups is 2. The molecule has 0 aliphatic rings. The average molecular weight is 331 g/mol. The number of nitrogens with zero attached hydrogens (tertiary/aromatic N) is 1. The van der Waals surface area contributed by atoms with Crippen molar-refractivity contribution in [2.24, 2.45) is 5.41 Å². The molecule has 2 N–H and O–H groups in total. The van der Waals surface area contributed by atoms with E-state index in [4.69, 9.17) is 0 Å². The third-order valence-corrected chi connectivity index (χ3v) is 3.98. The molecule has 23 heavy (non-hydrogen) atoms. The van der Waals surface area contributed by atoms with Crippen LogP contribution in [0.5, 0.6) is 0 Å². The van der Waals surface area contributed by atoms with E-state index in [1.165, 1.54) is 18.3 Å². The van der Waals surface area contributed by atoms with E-state index in [-0.39, 0.29) is 11.8 Å². The van der Waals surface area contributed by atoms with Crippen molar-refractivity contribution in [3.05, 3.63) is 34.7 Å². The summed E-state index contributed by atoms with van der Waals surface area (Å²) in [5.41, 5.74) is 2.20. The summed E-state index contributed by atoms with van der Waals surface area (Å²) in [6, 6.07) is 7.52. The number of amides is 2. The van der Waals surface area contributed by atoms with E-state index in [2.05, 4.69) is 15.6 Å². The van der Waals surface area contributed by atoms with Gasteiger partial charge in [0, 0.05) is 29.0 Å². The second-order valence-electron chi connectivity index (χ2n) is 6.32. The molecule has 2 aromatic rings. The molecule has 0 aliphatic heterocycles. The Morgan fingerprint density at radius 3 is 2.39 bits per heavy atom. The Labute approximate surface area is 140 Å².